The van der Waals surface area contributed by atoms with Gasteiger partial charge in [-0.05, 0) is 23.3 Å². The summed E-state index contributed by atoms with van der Waals surface area (Å²) < 4.78 is 15.5. The molecular weight excluding hydrogens is 378 g/mol. The van der Waals surface area contributed by atoms with Gasteiger partial charge in [-0.1, -0.05) is 36.4 Å². The summed E-state index contributed by atoms with van der Waals surface area (Å²) >= 11 is 0. The van der Waals surface area contributed by atoms with Crippen molar-refractivity contribution in [3.05, 3.63) is 59.7 Å². The van der Waals surface area contributed by atoms with Crippen LogP contribution in [0.4, 0.5) is 4.79 Å². The van der Waals surface area contributed by atoms with Gasteiger partial charge in [-0.3, -0.25) is 4.79 Å². The Kier molecular flexibility index (Phi) is 6.51. The van der Waals surface area contributed by atoms with Crippen molar-refractivity contribution in [1.29, 1.82) is 0 Å². The molecule has 1 atom stereocenters. The van der Waals surface area contributed by atoms with Crippen LogP contribution < -0.4 is 25.8 Å². The molecule has 0 radical (unpaired) electrons. The van der Waals surface area contributed by atoms with Crippen LogP contribution in [0.3, 0.4) is 0 Å². The maximum atomic E-state index is 12.3. The Hall–Kier alpha value is -3.75. The highest BCUT2D eigenvalue weighted by atomic mass is 16.7. The van der Waals surface area contributed by atoms with Gasteiger partial charge >= 0.3 is 12.0 Å². The van der Waals surface area contributed by atoms with Crippen LogP contribution in [-0.4, -0.2) is 37.3 Å². The Morgan fingerprint density at radius 2 is 1.79 bits per heavy atom. The van der Waals surface area contributed by atoms with Crippen LogP contribution in [0.2, 0.25) is 0 Å². The number of urea groups is 1. The summed E-state index contributed by atoms with van der Waals surface area (Å²) in [6.07, 6.45) is 0.196. The molecule has 2 aromatic carbocycles. The van der Waals surface area contributed by atoms with Crippen molar-refractivity contribution in [3.8, 4) is 11.5 Å². The van der Waals surface area contributed by atoms with Crippen LogP contribution in [0, 0.1) is 0 Å². The quantitative estimate of drug-likeness (QED) is 0.565. The van der Waals surface area contributed by atoms with Gasteiger partial charge in [0.25, 0.3) is 5.91 Å². The third-order valence-electron chi connectivity index (χ3n) is 4.16. The number of carbonyl (C=O) groups is 3. The number of hydrogen-bond acceptors (Lipinski definition) is 6. The van der Waals surface area contributed by atoms with Gasteiger partial charge < -0.3 is 30.6 Å². The van der Waals surface area contributed by atoms with E-state index in [-0.39, 0.29) is 19.8 Å². The van der Waals surface area contributed by atoms with Crippen LogP contribution in [0.15, 0.2) is 48.5 Å². The summed E-state index contributed by atoms with van der Waals surface area (Å²) in [5, 5.41) is 4.99. The summed E-state index contributed by atoms with van der Waals surface area (Å²) in [6.45, 7) is -0.0697. The fourth-order valence-electron chi connectivity index (χ4n) is 2.75. The number of fused-ring (bicyclic) bond motifs is 1. The molecule has 2 aromatic rings. The van der Waals surface area contributed by atoms with Gasteiger partial charge in [0.15, 0.2) is 18.1 Å². The Morgan fingerprint density at radius 1 is 1.03 bits per heavy atom. The van der Waals surface area contributed by atoms with Gasteiger partial charge in [0.2, 0.25) is 6.79 Å². The van der Waals surface area contributed by atoms with Crippen molar-refractivity contribution in [3.63, 3.8) is 0 Å². The zero-order chi connectivity index (χ0) is 20.6. The second-order valence-electron chi connectivity index (χ2n) is 6.32. The minimum Gasteiger partial charge on any atom is -0.454 e. The van der Waals surface area contributed by atoms with E-state index in [0.717, 1.165) is 11.1 Å². The van der Waals surface area contributed by atoms with Gasteiger partial charge in [0, 0.05) is 13.0 Å². The molecule has 0 aromatic heterocycles. The van der Waals surface area contributed by atoms with Crippen molar-refractivity contribution < 1.29 is 28.6 Å². The zero-order valence-corrected chi connectivity index (χ0v) is 15.6. The van der Waals surface area contributed by atoms with Crippen LogP contribution in [-0.2, 0) is 27.3 Å². The van der Waals surface area contributed by atoms with Crippen molar-refractivity contribution in [2.75, 3.05) is 13.4 Å². The zero-order valence-electron chi connectivity index (χ0n) is 15.6. The highest BCUT2D eigenvalue weighted by Crippen LogP contribution is 2.32. The molecule has 1 heterocycles. The molecule has 1 aliphatic rings. The highest BCUT2D eigenvalue weighted by molar-refractivity contribution is 5.85. The van der Waals surface area contributed by atoms with Gasteiger partial charge in [0.1, 0.15) is 6.04 Å². The van der Waals surface area contributed by atoms with Crippen LogP contribution in [0.1, 0.15) is 11.1 Å². The third-order valence-corrected chi connectivity index (χ3v) is 4.16. The largest absolute Gasteiger partial charge is 0.454 e. The number of amides is 3. The van der Waals surface area contributed by atoms with Gasteiger partial charge in [-0.2, -0.15) is 0 Å². The van der Waals surface area contributed by atoms with Gasteiger partial charge in [0.05, 0.1) is 0 Å². The summed E-state index contributed by atoms with van der Waals surface area (Å²) in [5.74, 6) is 0.0457. The summed E-state index contributed by atoms with van der Waals surface area (Å²) in [6, 6.07) is 12.6. The second kappa shape index (κ2) is 9.45. The van der Waals surface area contributed by atoms with Gasteiger partial charge in [-0.15, -0.1) is 0 Å². The molecule has 3 rings (SSSR count). The van der Waals surface area contributed by atoms with Crippen molar-refractivity contribution in [2.24, 2.45) is 5.73 Å². The number of rotatable bonds is 8. The second-order valence-corrected chi connectivity index (χ2v) is 6.32. The predicted octanol–water partition coefficient (Wildman–Crippen LogP) is 0.854. The monoisotopic (exact) mass is 399 g/mol. The highest BCUT2D eigenvalue weighted by Gasteiger charge is 2.23. The fraction of sp³-hybridized carbons (Fsp3) is 0.250. The molecule has 9 heteroatoms. The number of ether oxygens (including phenoxy) is 3. The molecule has 152 valence electrons. The van der Waals surface area contributed by atoms with Crippen LogP contribution in [0.25, 0.3) is 0 Å². The molecule has 4 N–H and O–H groups in total. The molecule has 0 saturated carbocycles. The fourth-order valence-corrected chi connectivity index (χ4v) is 2.75. The number of nitrogens with two attached hydrogens (primary N) is 1. The molecule has 3 amide bonds. The van der Waals surface area contributed by atoms with Crippen molar-refractivity contribution >= 4 is 17.9 Å². The van der Waals surface area contributed by atoms with E-state index in [9.17, 15) is 14.4 Å². The average Bonchev–Trinajstić information content (AvgIpc) is 3.18. The molecule has 0 aliphatic carbocycles. The first-order chi connectivity index (χ1) is 14.0. The molecule has 0 unspecified atom stereocenters. The van der Waals surface area contributed by atoms with Crippen LogP contribution in [0.5, 0.6) is 11.5 Å². The van der Waals surface area contributed by atoms with Gasteiger partial charge in [-0.25, -0.2) is 9.59 Å². The molecule has 1 aliphatic heterocycles. The number of carbonyl (C=O) groups excluding carboxylic acids is 3. The van der Waals surface area contributed by atoms with E-state index in [0.29, 0.717) is 11.5 Å². The number of esters is 1. The SMILES string of the molecule is NC(=O)N[C@@H](Cc1ccccc1)C(=O)OCC(=O)NCc1ccc2c(c1)OCO2. The summed E-state index contributed by atoms with van der Waals surface area (Å²) in [5.41, 5.74) is 6.76. The molecule has 0 spiro atoms. The van der Waals surface area contributed by atoms with E-state index in [4.69, 9.17) is 19.9 Å². The third kappa shape index (κ3) is 5.86. The van der Waals surface area contributed by atoms with E-state index >= 15 is 0 Å². The smallest absolute Gasteiger partial charge is 0.329 e. The average molecular weight is 399 g/mol. The van der Waals surface area contributed by atoms with E-state index in [1.807, 2.05) is 18.2 Å². The van der Waals surface area contributed by atoms with Crippen molar-refractivity contribution in [1.82, 2.24) is 10.6 Å². The summed E-state index contributed by atoms with van der Waals surface area (Å²) in [4.78, 5) is 35.5. The normalized spacial score (nSPS) is 12.7. The lowest BCUT2D eigenvalue weighted by Crippen LogP contribution is -2.46. The topological polar surface area (TPSA) is 129 Å². The number of nitrogens with one attached hydrogen (secondary N) is 2. The molecule has 0 fully saturated rings. The molecule has 0 bridgehead atoms. The predicted molar refractivity (Wildman–Crippen MR) is 102 cm³/mol. The minimum atomic E-state index is -0.989. The first-order valence-electron chi connectivity index (χ1n) is 8.93. The number of benzene rings is 2. The van der Waals surface area contributed by atoms with E-state index < -0.39 is 30.6 Å². The maximum absolute atomic E-state index is 12.3. The van der Waals surface area contributed by atoms with E-state index in [2.05, 4.69) is 10.6 Å². The first kappa shape index (κ1) is 20.0. The van der Waals surface area contributed by atoms with E-state index in [1.54, 1.807) is 30.3 Å². The lowest BCUT2D eigenvalue weighted by molar-refractivity contribution is -0.150. The number of hydrogen-bond donors (Lipinski definition) is 3. The van der Waals surface area contributed by atoms with E-state index in [1.165, 1.54) is 0 Å². The Balaban J connectivity index is 1.48. The first-order valence-corrected chi connectivity index (χ1v) is 8.93. The Morgan fingerprint density at radius 3 is 2.55 bits per heavy atom. The maximum Gasteiger partial charge on any atom is 0.329 e. The summed E-state index contributed by atoms with van der Waals surface area (Å²) in [7, 11) is 0. The lowest BCUT2D eigenvalue weighted by atomic mass is 10.1. The Labute approximate surface area is 167 Å². The van der Waals surface area contributed by atoms with Crippen molar-refractivity contribution in [2.45, 2.75) is 19.0 Å². The molecular formula is C20H21N3O6. The molecule has 9 nitrogen and oxygen atoms in total. The Bertz CT molecular complexity index is 887. The minimum absolute atomic E-state index is 0.171. The lowest BCUT2D eigenvalue weighted by Gasteiger charge is -2.16. The van der Waals surface area contributed by atoms with Crippen LogP contribution >= 0.6 is 0 Å². The standard InChI is InChI=1S/C20H21N3O6/c21-20(26)23-15(8-13-4-2-1-3-5-13)19(25)27-11-18(24)22-10-14-6-7-16-17(9-14)29-12-28-16/h1-7,9,15H,8,10-12H2,(H,22,24)(H3,21,23,26)/t15-/m0/s1. The molecule has 29 heavy (non-hydrogen) atoms. The molecule has 0 saturated heterocycles. The number of primary amides is 1.